The second kappa shape index (κ2) is 8.10. The molecule has 0 heterocycles. The molecule has 0 unspecified atom stereocenters. The van der Waals surface area contributed by atoms with E-state index in [0.29, 0.717) is 12.8 Å². The van der Waals surface area contributed by atoms with Gasteiger partial charge in [-0.05, 0) is 33.0 Å². The molecule has 0 aromatic carbocycles. The first-order chi connectivity index (χ1) is 7.43. The average molecular weight is 230 g/mol. The summed E-state index contributed by atoms with van der Waals surface area (Å²) < 4.78 is 0. The Hall–Kier alpha value is -1.10. The lowest BCUT2D eigenvalue weighted by atomic mass is 10.2. The predicted molar refractivity (Wildman–Crippen MR) is 62.3 cm³/mol. The van der Waals surface area contributed by atoms with E-state index in [1.165, 1.54) is 0 Å². The minimum atomic E-state index is -0.754. The number of amides is 1. The SMILES string of the molecule is CN(CCCC(=O)O)CCCC(=O)N(C)C. The van der Waals surface area contributed by atoms with Crippen LogP contribution in [0.4, 0.5) is 0 Å². The fourth-order valence-electron chi connectivity index (χ4n) is 1.34. The van der Waals surface area contributed by atoms with Crippen molar-refractivity contribution >= 4 is 11.9 Å². The molecule has 0 saturated heterocycles. The fraction of sp³-hybridized carbons (Fsp3) is 0.818. The molecule has 0 aromatic heterocycles. The van der Waals surface area contributed by atoms with Crippen LogP contribution in [-0.2, 0) is 9.59 Å². The third-order valence-electron chi connectivity index (χ3n) is 2.36. The third kappa shape index (κ3) is 8.23. The number of hydrogen-bond donors (Lipinski definition) is 1. The second-order valence-corrected chi connectivity index (χ2v) is 4.19. The Kier molecular flexibility index (Phi) is 7.54. The van der Waals surface area contributed by atoms with Gasteiger partial charge >= 0.3 is 5.97 Å². The van der Waals surface area contributed by atoms with Crippen LogP contribution >= 0.6 is 0 Å². The molecule has 0 bridgehead atoms. The fourth-order valence-corrected chi connectivity index (χ4v) is 1.34. The molecule has 16 heavy (non-hydrogen) atoms. The van der Waals surface area contributed by atoms with Crippen LogP contribution in [0.5, 0.6) is 0 Å². The number of nitrogens with zero attached hydrogens (tertiary/aromatic N) is 2. The van der Waals surface area contributed by atoms with Gasteiger partial charge < -0.3 is 14.9 Å². The Labute approximate surface area is 97.0 Å². The lowest BCUT2D eigenvalue weighted by Crippen LogP contribution is -2.25. The molecule has 0 rings (SSSR count). The third-order valence-corrected chi connectivity index (χ3v) is 2.36. The van der Waals surface area contributed by atoms with Gasteiger partial charge in [-0.15, -0.1) is 0 Å². The van der Waals surface area contributed by atoms with Crippen molar-refractivity contribution < 1.29 is 14.7 Å². The van der Waals surface area contributed by atoms with Crippen LogP contribution in [-0.4, -0.2) is 61.0 Å². The number of aliphatic carboxylic acids is 1. The molecule has 0 radical (unpaired) electrons. The van der Waals surface area contributed by atoms with Gasteiger partial charge in [0, 0.05) is 26.9 Å². The van der Waals surface area contributed by atoms with Crippen LogP contribution in [0.1, 0.15) is 25.7 Å². The Morgan fingerprint density at radius 1 is 1.00 bits per heavy atom. The van der Waals surface area contributed by atoms with Crippen LogP contribution in [0.3, 0.4) is 0 Å². The normalized spacial score (nSPS) is 10.5. The minimum absolute atomic E-state index is 0.138. The van der Waals surface area contributed by atoms with Crippen LogP contribution in [0.15, 0.2) is 0 Å². The van der Waals surface area contributed by atoms with Crippen molar-refractivity contribution in [3.05, 3.63) is 0 Å². The molecular formula is C11H22N2O3. The first-order valence-corrected chi connectivity index (χ1v) is 5.54. The van der Waals surface area contributed by atoms with E-state index < -0.39 is 5.97 Å². The number of hydrogen-bond acceptors (Lipinski definition) is 3. The summed E-state index contributed by atoms with van der Waals surface area (Å²) in [6.07, 6.45) is 2.24. The van der Waals surface area contributed by atoms with Crippen LogP contribution in [0.2, 0.25) is 0 Å². The molecular weight excluding hydrogens is 208 g/mol. The quantitative estimate of drug-likeness (QED) is 0.665. The van der Waals surface area contributed by atoms with Gasteiger partial charge in [-0.1, -0.05) is 0 Å². The topological polar surface area (TPSA) is 60.9 Å². The number of rotatable bonds is 8. The molecule has 94 valence electrons. The van der Waals surface area contributed by atoms with Gasteiger partial charge in [0.1, 0.15) is 0 Å². The maximum atomic E-state index is 11.3. The van der Waals surface area contributed by atoms with Gasteiger partial charge in [-0.25, -0.2) is 0 Å². The highest BCUT2D eigenvalue weighted by Gasteiger charge is 2.05. The van der Waals surface area contributed by atoms with Gasteiger partial charge in [-0.2, -0.15) is 0 Å². The average Bonchev–Trinajstić information content (AvgIpc) is 2.16. The summed E-state index contributed by atoms with van der Waals surface area (Å²) in [6.45, 7) is 1.60. The van der Waals surface area contributed by atoms with E-state index in [4.69, 9.17) is 5.11 Å². The maximum Gasteiger partial charge on any atom is 0.303 e. The highest BCUT2D eigenvalue weighted by molar-refractivity contribution is 5.75. The summed E-state index contributed by atoms with van der Waals surface area (Å²) >= 11 is 0. The lowest BCUT2D eigenvalue weighted by molar-refractivity contribution is -0.137. The first-order valence-electron chi connectivity index (χ1n) is 5.54. The van der Waals surface area contributed by atoms with Crippen molar-refractivity contribution in [3.8, 4) is 0 Å². The van der Waals surface area contributed by atoms with Crippen molar-refractivity contribution in [2.75, 3.05) is 34.2 Å². The number of carbonyl (C=O) groups is 2. The maximum absolute atomic E-state index is 11.3. The van der Waals surface area contributed by atoms with E-state index in [1.807, 2.05) is 7.05 Å². The van der Waals surface area contributed by atoms with Gasteiger partial charge in [0.15, 0.2) is 0 Å². The second-order valence-electron chi connectivity index (χ2n) is 4.19. The molecule has 0 spiro atoms. The standard InChI is InChI=1S/C11H22N2O3/c1-12(2)10(14)6-4-8-13(3)9-5-7-11(15)16/h4-9H2,1-3H3,(H,15,16). The molecule has 0 aromatic rings. The summed E-state index contributed by atoms with van der Waals surface area (Å²) in [6, 6.07) is 0. The number of carbonyl (C=O) groups excluding carboxylic acids is 1. The summed E-state index contributed by atoms with van der Waals surface area (Å²) in [5.74, 6) is -0.616. The smallest absolute Gasteiger partial charge is 0.303 e. The number of carboxylic acid groups (broad SMARTS) is 1. The first kappa shape index (κ1) is 14.9. The Morgan fingerprint density at radius 3 is 1.94 bits per heavy atom. The highest BCUT2D eigenvalue weighted by Crippen LogP contribution is 1.98. The molecule has 5 nitrogen and oxygen atoms in total. The van der Waals surface area contributed by atoms with Crippen LogP contribution in [0, 0.1) is 0 Å². The molecule has 0 saturated carbocycles. The number of carboxylic acids is 1. The lowest BCUT2D eigenvalue weighted by Gasteiger charge is -2.16. The van der Waals surface area contributed by atoms with Gasteiger partial charge in [0.2, 0.25) is 5.91 Å². The summed E-state index contributed by atoms with van der Waals surface area (Å²) in [5.41, 5.74) is 0. The summed E-state index contributed by atoms with van der Waals surface area (Å²) in [5, 5.41) is 8.47. The van der Waals surface area contributed by atoms with E-state index in [0.717, 1.165) is 19.5 Å². The van der Waals surface area contributed by atoms with Gasteiger partial charge in [0.25, 0.3) is 0 Å². The molecule has 0 aliphatic carbocycles. The molecule has 0 aliphatic heterocycles. The van der Waals surface area contributed by atoms with Gasteiger partial charge in [-0.3, -0.25) is 9.59 Å². The Morgan fingerprint density at radius 2 is 1.50 bits per heavy atom. The van der Waals surface area contributed by atoms with Gasteiger partial charge in [0.05, 0.1) is 0 Å². The van der Waals surface area contributed by atoms with E-state index >= 15 is 0 Å². The van der Waals surface area contributed by atoms with E-state index in [2.05, 4.69) is 4.90 Å². The van der Waals surface area contributed by atoms with Crippen LogP contribution in [0.25, 0.3) is 0 Å². The zero-order valence-corrected chi connectivity index (χ0v) is 10.4. The van der Waals surface area contributed by atoms with Crippen molar-refractivity contribution in [2.24, 2.45) is 0 Å². The molecule has 0 fully saturated rings. The molecule has 0 aliphatic rings. The molecule has 0 atom stereocenters. The minimum Gasteiger partial charge on any atom is -0.481 e. The van der Waals surface area contributed by atoms with Crippen LogP contribution < -0.4 is 0 Å². The Bertz CT molecular complexity index is 229. The molecule has 1 N–H and O–H groups in total. The van der Waals surface area contributed by atoms with Crippen molar-refractivity contribution in [1.82, 2.24) is 9.80 Å². The van der Waals surface area contributed by atoms with E-state index in [-0.39, 0.29) is 12.3 Å². The summed E-state index contributed by atoms with van der Waals surface area (Å²) in [7, 11) is 5.44. The monoisotopic (exact) mass is 230 g/mol. The Balaban J connectivity index is 3.47. The zero-order valence-electron chi connectivity index (χ0n) is 10.4. The highest BCUT2D eigenvalue weighted by atomic mass is 16.4. The van der Waals surface area contributed by atoms with Crippen molar-refractivity contribution in [1.29, 1.82) is 0 Å². The largest absolute Gasteiger partial charge is 0.481 e. The van der Waals surface area contributed by atoms with Crippen molar-refractivity contribution in [2.45, 2.75) is 25.7 Å². The van der Waals surface area contributed by atoms with E-state index in [1.54, 1.807) is 19.0 Å². The van der Waals surface area contributed by atoms with E-state index in [9.17, 15) is 9.59 Å². The predicted octanol–water partition coefficient (Wildman–Crippen LogP) is 0.651. The zero-order chi connectivity index (χ0) is 12.6. The molecule has 1 amide bonds. The summed E-state index contributed by atoms with van der Waals surface area (Å²) in [4.78, 5) is 25.2. The molecule has 5 heteroatoms. The van der Waals surface area contributed by atoms with Crippen molar-refractivity contribution in [3.63, 3.8) is 0 Å².